The summed E-state index contributed by atoms with van der Waals surface area (Å²) in [6.45, 7) is 1.43. The summed E-state index contributed by atoms with van der Waals surface area (Å²) < 4.78 is 2.02. The van der Waals surface area contributed by atoms with Gasteiger partial charge in [0.1, 0.15) is 6.33 Å². The van der Waals surface area contributed by atoms with Crippen molar-refractivity contribution >= 4 is 17.0 Å². The van der Waals surface area contributed by atoms with Crippen molar-refractivity contribution in [1.29, 1.82) is 0 Å². The quantitative estimate of drug-likeness (QED) is 0.728. The van der Waals surface area contributed by atoms with E-state index in [-0.39, 0.29) is 30.8 Å². The van der Waals surface area contributed by atoms with E-state index in [9.17, 15) is 15.3 Å². The van der Waals surface area contributed by atoms with Crippen molar-refractivity contribution in [2.45, 2.75) is 37.8 Å². The van der Waals surface area contributed by atoms with Crippen LogP contribution >= 0.6 is 0 Å². The van der Waals surface area contributed by atoms with Gasteiger partial charge in [-0.3, -0.25) is 0 Å². The van der Waals surface area contributed by atoms with Crippen LogP contribution in [0.5, 0.6) is 0 Å². The molecule has 1 aliphatic heterocycles. The molecule has 1 saturated heterocycles. The number of rotatable bonds is 4. The highest BCUT2D eigenvalue weighted by atomic mass is 16.3. The molecule has 130 valence electrons. The minimum absolute atomic E-state index is 0.00146. The molecule has 1 saturated carbocycles. The fourth-order valence-corrected chi connectivity index (χ4v) is 3.93. The molecule has 0 spiro atoms. The molecular weight excluding hydrogens is 310 g/mol. The number of imidazole rings is 1. The third-order valence-electron chi connectivity index (χ3n) is 5.44. The Labute approximate surface area is 139 Å². The fourth-order valence-electron chi connectivity index (χ4n) is 3.93. The van der Waals surface area contributed by atoms with Crippen molar-refractivity contribution in [3.8, 4) is 0 Å². The van der Waals surface area contributed by atoms with E-state index in [4.69, 9.17) is 0 Å². The highest BCUT2D eigenvalue weighted by Gasteiger charge is 2.44. The molecule has 2 aromatic heterocycles. The van der Waals surface area contributed by atoms with Crippen molar-refractivity contribution < 1.29 is 15.3 Å². The van der Waals surface area contributed by atoms with Crippen LogP contribution in [0.1, 0.15) is 31.7 Å². The van der Waals surface area contributed by atoms with Gasteiger partial charge in [-0.1, -0.05) is 0 Å². The molecular formula is C16H23N5O3. The second-order valence-corrected chi connectivity index (χ2v) is 7.14. The summed E-state index contributed by atoms with van der Waals surface area (Å²) in [4.78, 5) is 15.4. The third kappa shape index (κ3) is 2.45. The average molecular weight is 333 g/mol. The Kier molecular flexibility index (Phi) is 3.90. The molecule has 0 amide bonds. The first-order chi connectivity index (χ1) is 11.7. The molecule has 4 rings (SSSR count). The van der Waals surface area contributed by atoms with Crippen LogP contribution in [-0.4, -0.2) is 67.2 Å². The summed E-state index contributed by atoms with van der Waals surface area (Å²) in [5.41, 5.74) is 1.14. The van der Waals surface area contributed by atoms with Crippen LogP contribution in [0.2, 0.25) is 0 Å². The first kappa shape index (κ1) is 15.7. The molecule has 8 nitrogen and oxygen atoms in total. The van der Waals surface area contributed by atoms with Gasteiger partial charge >= 0.3 is 0 Å². The Morgan fingerprint density at radius 3 is 2.67 bits per heavy atom. The Morgan fingerprint density at radius 2 is 1.96 bits per heavy atom. The minimum atomic E-state index is -0.381. The first-order valence-corrected chi connectivity index (χ1v) is 8.48. The van der Waals surface area contributed by atoms with E-state index in [1.807, 2.05) is 4.57 Å². The molecule has 8 heteroatoms. The fraction of sp³-hybridized carbons (Fsp3) is 0.688. The van der Waals surface area contributed by atoms with E-state index >= 15 is 0 Å². The van der Waals surface area contributed by atoms with Gasteiger partial charge < -0.3 is 24.8 Å². The highest BCUT2D eigenvalue weighted by Crippen LogP contribution is 2.48. The lowest BCUT2D eigenvalue weighted by atomic mass is 9.66. The topological polar surface area (TPSA) is 108 Å². The van der Waals surface area contributed by atoms with Crippen molar-refractivity contribution in [2.24, 2.45) is 5.41 Å². The lowest BCUT2D eigenvalue weighted by Gasteiger charge is -2.45. The first-order valence-electron chi connectivity index (χ1n) is 8.48. The number of nitrogens with zero attached hydrogens (tertiary/aromatic N) is 5. The van der Waals surface area contributed by atoms with E-state index in [0.29, 0.717) is 19.4 Å². The van der Waals surface area contributed by atoms with E-state index in [0.717, 1.165) is 36.4 Å². The predicted octanol–water partition coefficient (Wildman–Crippen LogP) is 0.0933. The maximum atomic E-state index is 9.91. The van der Waals surface area contributed by atoms with Crippen LogP contribution in [0.25, 0.3) is 11.2 Å². The number of aliphatic hydroxyl groups is 3. The monoisotopic (exact) mass is 333 g/mol. The zero-order valence-corrected chi connectivity index (χ0v) is 13.5. The molecule has 0 bridgehead atoms. The largest absolute Gasteiger partial charge is 0.396 e. The maximum absolute atomic E-state index is 9.91. The maximum Gasteiger partial charge on any atom is 0.165 e. The Balaban J connectivity index is 1.63. The number of anilines is 1. The van der Waals surface area contributed by atoms with Gasteiger partial charge in [0.25, 0.3) is 0 Å². The second kappa shape index (κ2) is 5.94. The van der Waals surface area contributed by atoms with Crippen molar-refractivity contribution in [3.05, 3.63) is 12.7 Å². The standard InChI is InChI=1S/C16H23N5O3/c22-7-16(8-23)4-11(5-16)21-10-19-13-14(17-9-18-15(13)21)20-3-1-2-12(24)6-20/h9-12,22-24H,1-8H2. The average Bonchev–Trinajstić information content (AvgIpc) is 2.99. The lowest BCUT2D eigenvalue weighted by Crippen LogP contribution is -2.44. The smallest absolute Gasteiger partial charge is 0.165 e. The van der Waals surface area contributed by atoms with E-state index < -0.39 is 0 Å². The van der Waals surface area contributed by atoms with Gasteiger partial charge in [0.15, 0.2) is 17.0 Å². The number of piperidine rings is 1. The summed E-state index contributed by atoms with van der Waals surface area (Å²) in [6, 6.07) is 0.184. The summed E-state index contributed by atoms with van der Waals surface area (Å²) in [5.74, 6) is 0.771. The summed E-state index contributed by atoms with van der Waals surface area (Å²) in [5, 5.41) is 28.8. The summed E-state index contributed by atoms with van der Waals surface area (Å²) in [6.07, 6.45) is 6.18. The van der Waals surface area contributed by atoms with Gasteiger partial charge in [-0.05, 0) is 25.7 Å². The molecule has 2 fully saturated rings. The van der Waals surface area contributed by atoms with Crippen LogP contribution < -0.4 is 4.90 Å². The van der Waals surface area contributed by atoms with Crippen LogP contribution in [0.3, 0.4) is 0 Å². The summed E-state index contributed by atoms with van der Waals surface area (Å²) >= 11 is 0. The summed E-state index contributed by atoms with van der Waals surface area (Å²) in [7, 11) is 0. The SMILES string of the molecule is OCC1(CO)CC(n2cnc3c(N4CCCC(O)C4)ncnc32)C1. The number of aliphatic hydroxyl groups excluding tert-OH is 3. The Bertz CT molecular complexity index is 722. The van der Waals surface area contributed by atoms with Gasteiger partial charge in [-0.15, -0.1) is 0 Å². The minimum Gasteiger partial charge on any atom is -0.396 e. The van der Waals surface area contributed by atoms with E-state index in [2.05, 4.69) is 19.9 Å². The Morgan fingerprint density at radius 1 is 1.17 bits per heavy atom. The van der Waals surface area contributed by atoms with Crippen molar-refractivity contribution in [1.82, 2.24) is 19.5 Å². The molecule has 24 heavy (non-hydrogen) atoms. The second-order valence-electron chi connectivity index (χ2n) is 7.14. The Hall–Kier alpha value is -1.77. The number of fused-ring (bicyclic) bond motifs is 1. The number of hydrogen-bond donors (Lipinski definition) is 3. The van der Waals surface area contributed by atoms with Crippen LogP contribution in [-0.2, 0) is 0 Å². The number of β-amino-alcohol motifs (C(OH)–C–C–N with tert-alkyl or cyclic N) is 1. The van der Waals surface area contributed by atoms with Gasteiger partial charge in [0, 0.05) is 24.5 Å². The van der Waals surface area contributed by atoms with Crippen molar-refractivity contribution in [3.63, 3.8) is 0 Å². The zero-order chi connectivity index (χ0) is 16.7. The normalized spacial score (nSPS) is 24.3. The van der Waals surface area contributed by atoms with Gasteiger partial charge in [0.05, 0.1) is 25.6 Å². The molecule has 3 N–H and O–H groups in total. The molecule has 3 heterocycles. The molecule has 0 aromatic carbocycles. The van der Waals surface area contributed by atoms with Crippen LogP contribution in [0.15, 0.2) is 12.7 Å². The molecule has 2 aromatic rings. The van der Waals surface area contributed by atoms with E-state index in [1.54, 1.807) is 12.7 Å². The van der Waals surface area contributed by atoms with Gasteiger partial charge in [0.2, 0.25) is 0 Å². The third-order valence-corrected chi connectivity index (χ3v) is 5.44. The molecule has 1 atom stereocenters. The van der Waals surface area contributed by atoms with Crippen LogP contribution in [0.4, 0.5) is 5.82 Å². The molecule has 1 unspecified atom stereocenters. The molecule has 1 aliphatic carbocycles. The molecule has 0 radical (unpaired) electrons. The number of aromatic nitrogens is 4. The molecule has 2 aliphatic rings. The predicted molar refractivity (Wildman–Crippen MR) is 87.7 cm³/mol. The van der Waals surface area contributed by atoms with Gasteiger partial charge in [-0.25, -0.2) is 15.0 Å². The van der Waals surface area contributed by atoms with Crippen LogP contribution in [0, 0.1) is 5.41 Å². The zero-order valence-electron chi connectivity index (χ0n) is 13.5. The number of hydrogen-bond acceptors (Lipinski definition) is 7. The highest BCUT2D eigenvalue weighted by molar-refractivity contribution is 5.83. The van der Waals surface area contributed by atoms with Crippen molar-refractivity contribution in [2.75, 3.05) is 31.2 Å². The lowest BCUT2D eigenvalue weighted by molar-refractivity contribution is -0.0421. The van der Waals surface area contributed by atoms with E-state index in [1.165, 1.54) is 0 Å². The van der Waals surface area contributed by atoms with Gasteiger partial charge in [-0.2, -0.15) is 0 Å².